The molecule has 2 aromatic carbocycles. The second-order valence-corrected chi connectivity index (χ2v) is 11.6. The Balaban J connectivity index is 1.44. The van der Waals surface area contributed by atoms with Crippen LogP contribution in [-0.4, -0.2) is 65.0 Å². The molecule has 0 unspecified atom stereocenters. The SMILES string of the molecule is CCn1cc(C(=O)Nc2ccc3c(c2)C(=O)NCCC(=O)N[C@@H](CCN)C(=O)N[C@@H](Cc2ccccc2)CO3)c(=O)c2ccc(C)nc21. The Morgan fingerprint density at radius 2 is 1.85 bits per heavy atom. The van der Waals surface area contributed by atoms with Gasteiger partial charge in [0.25, 0.3) is 11.8 Å². The van der Waals surface area contributed by atoms with Gasteiger partial charge in [-0.2, -0.15) is 0 Å². The molecule has 0 radical (unpaired) electrons. The average molecular weight is 654 g/mol. The number of pyridine rings is 2. The quantitative estimate of drug-likeness (QED) is 0.201. The lowest BCUT2D eigenvalue weighted by molar-refractivity contribution is -0.129. The number of rotatable bonds is 7. The second-order valence-electron chi connectivity index (χ2n) is 11.6. The van der Waals surface area contributed by atoms with E-state index in [1.807, 2.05) is 44.2 Å². The van der Waals surface area contributed by atoms with Crippen molar-refractivity contribution in [3.05, 3.63) is 99.5 Å². The van der Waals surface area contributed by atoms with Crippen molar-refractivity contribution in [3.8, 4) is 5.75 Å². The van der Waals surface area contributed by atoms with Crippen LogP contribution in [-0.2, 0) is 22.6 Å². The molecular weight excluding hydrogens is 614 g/mol. The number of nitrogens with two attached hydrogens (primary N) is 1. The van der Waals surface area contributed by atoms with Gasteiger partial charge in [-0.05, 0) is 69.1 Å². The average Bonchev–Trinajstić information content (AvgIpc) is 3.07. The van der Waals surface area contributed by atoms with Crippen LogP contribution in [0.1, 0.15) is 51.7 Å². The number of aryl methyl sites for hydroxylation is 2. The van der Waals surface area contributed by atoms with E-state index in [9.17, 15) is 24.0 Å². The molecule has 6 N–H and O–H groups in total. The molecule has 0 spiro atoms. The van der Waals surface area contributed by atoms with Crippen LogP contribution in [0.4, 0.5) is 5.69 Å². The van der Waals surface area contributed by atoms with E-state index in [-0.39, 0.29) is 61.0 Å². The van der Waals surface area contributed by atoms with E-state index in [1.54, 1.807) is 28.8 Å². The van der Waals surface area contributed by atoms with Crippen LogP contribution in [0.25, 0.3) is 11.0 Å². The number of nitrogens with zero attached hydrogens (tertiary/aromatic N) is 2. The summed E-state index contributed by atoms with van der Waals surface area (Å²) < 4.78 is 7.88. The fourth-order valence-corrected chi connectivity index (χ4v) is 5.50. The van der Waals surface area contributed by atoms with Gasteiger partial charge >= 0.3 is 0 Å². The number of fused-ring (bicyclic) bond motifs is 2. The van der Waals surface area contributed by atoms with E-state index in [0.717, 1.165) is 11.3 Å². The Morgan fingerprint density at radius 3 is 2.60 bits per heavy atom. The molecule has 4 amide bonds. The molecule has 0 fully saturated rings. The maximum absolute atomic E-state index is 13.4. The molecule has 1 aliphatic rings. The Hall–Kier alpha value is -5.56. The van der Waals surface area contributed by atoms with Crippen molar-refractivity contribution in [2.24, 2.45) is 5.73 Å². The van der Waals surface area contributed by atoms with Crippen molar-refractivity contribution in [3.63, 3.8) is 0 Å². The minimum atomic E-state index is -0.845. The molecule has 250 valence electrons. The smallest absolute Gasteiger partial charge is 0.261 e. The van der Waals surface area contributed by atoms with Crippen LogP contribution in [0.5, 0.6) is 5.75 Å². The molecule has 5 rings (SSSR count). The Kier molecular flexibility index (Phi) is 10.8. The monoisotopic (exact) mass is 653 g/mol. The first kappa shape index (κ1) is 33.8. The van der Waals surface area contributed by atoms with Gasteiger partial charge in [0.2, 0.25) is 17.2 Å². The van der Waals surface area contributed by atoms with E-state index >= 15 is 0 Å². The zero-order valence-corrected chi connectivity index (χ0v) is 26.9. The zero-order chi connectivity index (χ0) is 34.2. The van der Waals surface area contributed by atoms with Crippen LogP contribution in [0.3, 0.4) is 0 Å². The van der Waals surface area contributed by atoms with Gasteiger partial charge in [-0.25, -0.2) is 4.98 Å². The Bertz CT molecular complexity index is 1890. The van der Waals surface area contributed by atoms with E-state index in [0.29, 0.717) is 24.0 Å². The van der Waals surface area contributed by atoms with Crippen LogP contribution in [0.15, 0.2) is 71.7 Å². The number of carbonyl (C=O) groups is 4. The number of aromatic nitrogens is 2. The van der Waals surface area contributed by atoms with Gasteiger partial charge in [-0.15, -0.1) is 0 Å². The van der Waals surface area contributed by atoms with E-state index < -0.39 is 35.2 Å². The molecule has 0 saturated carbocycles. The molecule has 2 atom stereocenters. The van der Waals surface area contributed by atoms with Crippen molar-refractivity contribution in [2.45, 2.75) is 51.7 Å². The summed E-state index contributed by atoms with van der Waals surface area (Å²) in [6.45, 7) is 4.37. The molecule has 13 nitrogen and oxygen atoms in total. The summed E-state index contributed by atoms with van der Waals surface area (Å²) in [4.78, 5) is 70.6. The lowest BCUT2D eigenvalue weighted by Crippen LogP contribution is -2.52. The second kappa shape index (κ2) is 15.4. The fraction of sp³-hybridized carbons (Fsp3) is 0.314. The van der Waals surface area contributed by atoms with Crippen LogP contribution >= 0.6 is 0 Å². The predicted molar refractivity (Wildman–Crippen MR) is 181 cm³/mol. The maximum Gasteiger partial charge on any atom is 0.261 e. The van der Waals surface area contributed by atoms with Crippen LogP contribution in [0.2, 0.25) is 0 Å². The summed E-state index contributed by atoms with van der Waals surface area (Å²) in [5.74, 6) is -1.79. The van der Waals surface area contributed by atoms with E-state index in [1.165, 1.54) is 12.3 Å². The summed E-state index contributed by atoms with van der Waals surface area (Å²) in [5.41, 5.74) is 7.72. The highest BCUT2D eigenvalue weighted by Gasteiger charge is 2.25. The first-order valence-corrected chi connectivity index (χ1v) is 15.9. The summed E-state index contributed by atoms with van der Waals surface area (Å²) in [7, 11) is 0. The molecule has 0 aliphatic carbocycles. The molecule has 4 aromatic rings. The lowest BCUT2D eigenvalue weighted by atomic mass is 10.1. The molecular formula is C35H39N7O6. The number of hydrogen-bond donors (Lipinski definition) is 5. The third kappa shape index (κ3) is 8.04. The van der Waals surface area contributed by atoms with Crippen LogP contribution in [0, 0.1) is 6.92 Å². The molecule has 3 heterocycles. The van der Waals surface area contributed by atoms with Crippen molar-refractivity contribution < 1.29 is 23.9 Å². The summed E-state index contributed by atoms with van der Waals surface area (Å²) in [6.07, 6.45) is 2.05. The number of carbonyl (C=O) groups excluding carboxylic acids is 4. The first-order valence-electron chi connectivity index (χ1n) is 15.9. The molecule has 2 aromatic heterocycles. The van der Waals surface area contributed by atoms with Gasteiger partial charge in [0.1, 0.15) is 29.6 Å². The van der Waals surface area contributed by atoms with E-state index in [4.69, 9.17) is 10.5 Å². The Morgan fingerprint density at radius 1 is 1.06 bits per heavy atom. The first-order chi connectivity index (χ1) is 23.2. The van der Waals surface area contributed by atoms with Crippen LogP contribution < -0.4 is 37.2 Å². The highest BCUT2D eigenvalue weighted by molar-refractivity contribution is 6.06. The van der Waals surface area contributed by atoms with Crippen molar-refractivity contribution >= 4 is 40.3 Å². The van der Waals surface area contributed by atoms with E-state index in [2.05, 4.69) is 26.3 Å². The topological polar surface area (TPSA) is 187 Å². The summed E-state index contributed by atoms with van der Waals surface area (Å²) in [5, 5.41) is 11.5. The van der Waals surface area contributed by atoms with Gasteiger partial charge in [0, 0.05) is 37.1 Å². The normalized spacial score (nSPS) is 17.3. The number of ether oxygens (including phenoxy) is 1. The predicted octanol–water partition coefficient (Wildman–Crippen LogP) is 2.05. The number of nitrogens with one attached hydrogen (secondary N) is 4. The summed E-state index contributed by atoms with van der Waals surface area (Å²) in [6, 6.07) is 16.1. The number of benzene rings is 2. The van der Waals surface area contributed by atoms with Crippen molar-refractivity contribution in [1.29, 1.82) is 0 Å². The number of hydrogen-bond acceptors (Lipinski definition) is 8. The van der Waals surface area contributed by atoms with Gasteiger partial charge in [-0.1, -0.05) is 30.3 Å². The highest BCUT2D eigenvalue weighted by atomic mass is 16.5. The minimum absolute atomic E-state index is 0.00291. The molecule has 0 saturated heterocycles. The Labute approximate surface area is 277 Å². The largest absolute Gasteiger partial charge is 0.491 e. The van der Waals surface area contributed by atoms with Gasteiger partial charge < -0.3 is 36.3 Å². The highest BCUT2D eigenvalue weighted by Crippen LogP contribution is 2.24. The minimum Gasteiger partial charge on any atom is -0.491 e. The third-order valence-corrected chi connectivity index (χ3v) is 7.98. The molecule has 0 bridgehead atoms. The molecule has 1 aliphatic heterocycles. The summed E-state index contributed by atoms with van der Waals surface area (Å²) >= 11 is 0. The zero-order valence-electron chi connectivity index (χ0n) is 26.9. The van der Waals surface area contributed by atoms with Crippen molar-refractivity contribution in [1.82, 2.24) is 25.5 Å². The third-order valence-electron chi connectivity index (χ3n) is 7.98. The fourth-order valence-electron chi connectivity index (χ4n) is 5.50. The number of anilines is 1. The van der Waals surface area contributed by atoms with Gasteiger partial charge in [-0.3, -0.25) is 24.0 Å². The molecule has 13 heteroatoms. The lowest BCUT2D eigenvalue weighted by Gasteiger charge is -2.25. The van der Waals surface area contributed by atoms with Crippen molar-refractivity contribution in [2.75, 3.05) is 25.0 Å². The standard InChI is InChI=1S/C35H39N7O6/c1-3-42-19-27(31(44)25-11-9-21(2)38-32(25)42)34(46)39-23-10-12-29-26(18-23)33(45)37-16-14-30(43)41-28(13-15-36)35(47)40-24(20-48-29)17-22-7-5-4-6-8-22/h4-12,18-19,24,28H,3,13-17,20,36H2,1-2H3,(H,37,45)(H,39,46)(H,40,47)(H,41,43)/t24-,28-/m0/s1. The van der Waals surface area contributed by atoms with Gasteiger partial charge in [0.15, 0.2) is 0 Å². The molecule has 48 heavy (non-hydrogen) atoms. The maximum atomic E-state index is 13.4. The number of amides is 4. The van der Waals surface area contributed by atoms with Gasteiger partial charge in [0.05, 0.1) is 17.0 Å².